The smallest absolute Gasteiger partial charge is 0.220 e. The molecular formula is C15H22N2O. The fraction of sp³-hybridized carbons (Fsp3) is 0.533. The van der Waals surface area contributed by atoms with Crippen LogP contribution in [0.15, 0.2) is 24.3 Å². The Bertz CT molecular complexity index is 403. The van der Waals surface area contributed by atoms with E-state index in [9.17, 15) is 4.79 Å². The van der Waals surface area contributed by atoms with Gasteiger partial charge in [0.2, 0.25) is 5.91 Å². The normalized spacial score (nSPS) is 18.2. The summed E-state index contributed by atoms with van der Waals surface area (Å²) in [4.78, 5) is 11.6. The minimum Gasteiger partial charge on any atom is -0.355 e. The molecule has 3 heteroatoms. The van der Waals surface area contributed by atoms with Crippen LogP contribution >= 0.6 is 0 Å². The molecule has 0 spiro atoms. The molecule has 0 saturated heterocycles. The van der Waals surface area contributed by atoms with Crippen LogP contribution in [0.2, 0.25) is 0 Å². The lowest BCUT2D eigenvalue weighted by molar-refractivity contribution is -0.121. The monoisotopic (exact) mass is 246 g/mol. The molecule has 1 aromatic carbocycles. The van der Waals surface area contributed by atoms with Crippen LogP contribution in [-0.2, 0) is 11.2 Å². The van der Waals surface area contributed by atoms with Gasteiger partial charge in [-0.1, -0.05) is 24.3 Å². The van der Waals surface area contributed by atoms with Crippen LogP contribution in [0, 0.1) is 0 Å². The molecule has 0 fully saturated rings. The van der Waals surface area contributed by atoms with Crippen LogP contribution in [0.25, 0.3) is 0 Å². The van der Waals surface area contributed by atoms with Crippen molar-refractivity contribution < 1.29 is 4.79 Å². The summed E-state index contributed by atoms with van der Waals surface area (Å²) < 4.78 is 0. The van der Waals surface area contributed by atoms with Gasteiger partial charge in [-0.25, -0.2) is 0 Å². The number of hydrogen-bond acceptors (Lipinski definition) is 2. The molecule has 3 N–H and O–H groups in total. The molecule has 0 aromatic heterocycles. The van der Waals surface area contributed by atoms with Crippen molar-refractivity contribution in [1.29, 1.82) is 0 Å². The van der Waals surface area contributed by atoms with Gasteiger partial charge in [0.1, 0.15) is 0 Å². The first-order valence-corrected chi connectivity index (χ1v) is 6.86. The predicted octanol–water partition coefficient (Wildman–Crippen LogP) is 1.96. The minimum absolute atomic E-state index is 0.128. The minimum atomic E-state index is 0.128. The van der Waals surface area contributed by atoms with Gasteiger partial charge in [0.05, 0.1) is 0 Å². The zero-order valence-corrected chi connectivity index (χ0v) is 10.8. The number of amides is 1. The predicted molar refractivity (Wildman–Crippen MR) is 73.4 cm³/mol. The Morgan fingerprint density at radius 2 is 2.22 bits per heavy atom. The second kappa shape index (κ2) is 6.55. The molecule has 2 rings (SSSR count). The van der Waals surface area contributed by atoms with Gasteiger partial charge in [-0.2, -0.15) is 0 Å². The summed E-state index contributed by atoms with van der Waals surface area (Å²) in [6.07, 6.45) is 4.89. The van der Waals surface area contributed by atoms with Crippen molar-refractivity contribution in [2.24, 2.45) is 5.73 Å². The molecule has 1 aliphatic rings. The number of aryl methyl sites for hydroxylation is 1. The maximum atomic E-state index is 11.6. The molecule has 18 heavy (non-hydrogen) atoms. The quantitative estimate of drug-likeness (QED) is 0.834. The largest absolute Gasteiger partial charge is 0.355 e. The first-order valence-electron chi connectivity index (χ1n) is 6.86. The van der Waals surface area contributed by atoms with Gasteiger partial charge in [-0.3, -0.25) is 4.79 Å². The standard InChI is InChI=1S/C15H22N2O/c16-10-4-9-15(18)17-11-13-7-3-6-12-5-1-2-8-14(12)13/h1-2,5,8,13H,3-4,6-7,9-11,16H2,(H,17,18). The molecule has 1 aromatic rings. The number of rotatable bonds is 5. The Hall–Kier alpha value is -1.35. The van der Waals surface area contributed by atoms with E-state index < -0.39 is 0 Å². The van der Waals surface area contributed by atoms with E-state index in [0.29, 0.717) is 18.9 Å². The van der Waals surface area contributed by atoms with Crippen molar-refractivity contribution in [3.05, 3.63) is 35.4 Å². The van der Waals surface area contributed by atoms with E-state index in [-0.39, 0.29) is 5.91 Å². The zero-order valence-electron chi connectivity index (χ0n) is 10.8. The van der Waals surface area contributed by atoms with Gasteiger partial charge in [0, 0.05) is 18.9 Å². The molecular weight excluding hydrogens is 224 g/mol. The molecule has 0 radical (unpaired) electrons. The lowest BCUT2D eigenvalue weighted by Crippen LogP contribution is -2.30. The number of carbonyl (C=O) groups excluding carboxylic acids is 1. The summed E-state index contributed by atoms with van der Waals surface area (Å²) in [6.45, 7) is 1.35. The van der Waals surface area contributed by atoms with Gasteiger partial charge in [-0.05, 0) is 43.4 Å². The summed E-state index contributed by atoms with van der Waals surface area (Å²) in [5.41, 5.74) is 8.27. The second-order valence-electron chi connectivity index (χ2n) is 4.98. The topological polar surface area (TPSA) is 55.1 Å². The first-order chi connectivity index (χ1) is 8.81. The second-order valence-corrected chi connectivity index (χ2v) is 4.98. The van der Waals surface area contributed by atoms with Crippen LogP contribution in [0.3, 0.4) is 0 Å². The van der Waals surface area contributed by atoms with Gasteiger partial charge < -0.3 is 11.1 Å². The zero-order chi connectivity index (χ0) is 12.8. The van der Waals surface area contributed by atoms with E-state index >= 15 is 0 Å². The van der Waals surface area contributed by atoms with Crippen LogP contribution in [-0.4, -0.2) is 19.0 Å². The van der Waals surface area contributed by atoms with E-state index in [2.05, 4.69) is 29.6 Å². The maximum Gasteiger partial charge on any atom is 0.220 e. The van der Waals surface area contributed by atoms with Crippen LogP contribution in [0.4, 0.5) is 0 Å². The average molecular weight is 246 g/mol. The van der Waals surface area contributed by atoms with Crippen LogP contribution < -0.4 is 11.1 Å². The molecule has 0 bridgehead atoms. The number of benzene rings is 1. The highest BCUT2D eigenvalue weighted by Gasteiger charge is 2.19. The Morgan fingerprint density at radius 1 is 1.39 bits per heavy atom. The number of fused-ring (bicyclic) bond motifs is 1. The van der Waals surface area contributed by atoms with Crippen molar-refractivity contribution in [3.8, 4) is 0 Å². The average Bonchev–Trinajstić information content (AvgIpc) is 2.42. The van der Waals surface area contributed by atoms with Crippen molar-refractivity contribution in [2.45, 2.75) is 38.0 Å². The highest BCUT2D eigenvalue weighted by molar-refractivity contribution is 5.75. The van der Waals surface area contributed by atoms with Gasteiger partial charge in [0.15, 0.2) is 0 Å². The molecule has 0 aliphatic heterocycles. The Labute approximate surface area is 109 Å². The summed E-state index contributed by atoms with van der Waals surface area (Å²) in [7, 11) is 0. The fourth-order valence-corrected chi connectivity index (χ4v) is 2.65. The number of nitrogens with two attached hydrogens (primary N) is 1. The number of hydrogen-bond donors (Lipinski definition) is 2. The SMILES string of the molecule is NCCCC(=O)NCC1CCCc2ccccc21. The molecule has 1 unspecified atom stereocenters. The highest BCUT2D eigenvalue weighted by atomic mass is 16.1. The molecule has 0 heterocycles. The molecule has 1 atom stereocenters. The van der Waals surface area contributed by atoms with Crippen molar-refractivity contribution >= 4 is 5.91 Å². The van der Waals surface area contributed by atoms with Crippen LogP contribution in [0.5, 0.6) is 0 Å². The van der Waals surface area contributed by atoms with Gasteiger partial charge in [0.25, 0.3) is 0 Å². The van der Waals surface area contributed by atoms with Crippen molar-refractivity contribution in [2.75, 3.05) is 13.1 Å². The number of nitrogens with one attached hydrogen (secondary N) is 1. The summed E-state index contributed by atoms with van der Waals surface area (Å²) in [6, 6.07) is 8.59. The van der Waals surface area contributed by atoms with Crippen LogP contribution in [0.1, 0.15) is 42.7 Å². The third kappa shape index (κ3) is 3.33. The summed E-state index contributed by atoms with van der Waals surface area (Å²) in [5, 5.41) is 3.03. The van der Waals surface area contributed by atoms with E-state index in [4.69, 9.17) is 5.73 Å². The van der Waals surface area contributed by atoms with E-state index in [1.54, 1.807) is 0 Å². The van der Waals surface area contributed by atoms with E-state index in [0.717, 1.165) is 13.0 Å². The highest BCUT2D eigenvalue weighted by Crippen LogP contribution is 2.30. The summed E-state index contributed by atoms with van der Waals surface area (Å²) in [5.74, 6) is 0.611. The Morgan fingerprint density at radius 3 is 3.06 bits per heavy atom. The van der Waals surface area contributed by atoms with E-state index in [1.165, 1.54) is 30.4 Å². The third-order valence-electron chi connectivity index (χ3n) is 3.65. The molecule has 0 saturated carbocycles. The van der Waals surface area contributed by atoms with E-state index in [1.807, 2.05) is 0 Å². The molecule has 1 amide bonds. The Kier molecular flexibility index (Phi) is 4.76. The van der Waals surface area contributed by atoms with Crippen molar-refractivity contribution in [1.82, 2.24) is 5.32 Å². The Balaban J connectivity index is 1.89. The summed E-state index contributed by atoms with van der Waals surface area (Å²) >= 11 is 0. The fourth-order valence-electron chi connectivity index (χ4n) is 2.65. The first kappa shape index (κ1) is 13.1. The molecule has 98 valence electrons. The third-order valence-corrected chi connectivity index (χ3v) is 3.65. The maximum absolute atomic E-state index is 11.6. The van der Waals surface area contributed by atoms with Crippen molar-refractivity contribution in [3.63, 3.8) is 0 Å². The molecule has 1 aliphatic carbocycles. The molecule has 3 nitrogen and oxygen atoms in total. The lowest BCUT2D eigenvalue weighted by atomic mass is 9.83. The number of carbonyl (C=O) groups is 1. The lowest BCUT2D eigenvalue weighted by Gasteiger charge is -2.25. The van der Waals surface area contributed by atoms with Gasteiger partial charge >= 0.3 is 0 Å². The van der Waals surface area contributed by atoms with Gasteiger partial charge in [-0.15, -0.1) is 0 Å².